The number of nitrogens with one attached hydrogen (secondary N) is 3. The van der Waals surface area contributed by atoms with Crippen molar-refractivity contribution in [2.45, 2.75) is 0 Å². The third-order valence-corrected chi connectivity index (χ3v) is 3.84. The summed E-state index contributed by atoms with van der Waals surface area (Å²) in [6.45, 7) is 0. The fourth-order valence-electron chi connectivity index (χ4n) is 2.49. The number of aromatic amines is 1. The lowest BCUT2D eigenvalue weighted by Gasteiger charge is -2.03. The van der Waals surface area contributed by atoms with Crippen molar-refractivity contribution < 1.29 is 0 Å². The number of benzene rings is 1. The van der Waals surface area contributed by atoms with Crippen molar-refractivity contribution in [3.8, 4) is 17.5 Å². The first-order chi connectivity index (χ1) is 12.7. The summed E-state index contributed by atoms with van der Waals surface area (Å²) in [4.78, 5) is 20.4. The molecule has 0 saturated carbocycles. The number of imidazole rings is 1. The van der Waals surface area contributed by atoms with Crippen molar-refractivity contribution in [3.05, 3.63) is 54.6 Å². The van der Waals surface area contributed by atoms with E-state index in [9.17, 15) is 0 Å². The maximum absolute atomic E-state index is 8.76. The molecule has 8 nitrogen and oxygen atoms in total. The first-order valence-corrected chi connectivity index (χ1v) is 7.88. The molecular formula is C18H14N8. The Morgan fingerprint density at radius 3 is 2.50 bits per heavy atom. The Labute approximate surface area is 149 Å². The molecule has 4 rings (SSSR count). The molecule has 0 amide bonds. The second kappa shape index (κ2) is 6.49. The topological polar surface area (TPSA) is 115 Å². The Morgan fingerprint density at radius 2 is 1.81 bits per heavy atom. The van der Waals surface area contributed by atoms with Crippen LogP contribution in [0.25, 0.3) is 22.4 Å². The van der Waals surface area contributed by atoms with Crippen molar-refractivity contribution >= 4 is 28.4 Å². The standard InChI is InChI=1S/C18H14N8/c1-20-12-4-2-11(3-5-12)18-24-14-6-16(23-9-15(14)25-18)26-17-10-21-13(7-19)8-22-17/h2-6,8-10,20H,1H3,(H,24,25)(H,22,23,26). The third kappa shape index (κ3) is 3.01. The van der Waals surface area contributed by atoms with Crippen LogP contribution in [0.2, 0.25) is 0 Å². The largest absolute Gasteiger partial charge is 0.388 e. The Kier molecular flexibility index (Phi) is 3.88. The molecule has 0 radical (unpaired) electrons. The summed E-state index contributed by atoms with van der Waals surface area (Å²) >= 11 is 0. The highest BCUT2D eigenvalue weighted by Gasteiger charge is 2.08. The van der Waals surface area contributed by atoms with Crippen LogP contribution in [0.4, 0.5) is 17.3 Å². The Balaban J connectivity index is 1.61. The average Bonchev–Trinajstić information content (AvgIpc) is 3.12. The smallest absolute Gasteiger partial charge is 0.158 e. The van der Waals surface area contributed by atoms with Gasteiger partial charge in [-0.25, -0.2) is 19.9 Å². The average molecular weight is 342 g/mol. The molecule has 3 aromatic heterocycles. The predicted octanol–water partition coefficient (Wildman–Crippen LogP) is 3.07. The van der Waals surface area contributed by atoms with Gasteiger partial charge in [-0.05, 0) is 24.3 Å². The second-order valence-electron chi connectivity index (χ2n) is 5.52. The molecule has 0 saturated heterocycles. The predicted molar refractivity (Wildman–Crippen MR) is 98.9 cm³/mol. The highest BCUT2D eigenvalue weighted by Crippen LogP contribution is 2.23. The van der Waals surface area contributed by atoms with Gasteiger partial charge in [-0.1, -0.05) is 0 Å². The van der Waals surface area contributed by atoms with Gasteiger partial charge in [-0.15, -0.1) is 0 Å². The fourth-order valence-corrected chi connectivity index (χ4v) is 2.49. The summed E-state index contributed by atoms with van der Waals surface area (Å²) in [6.07, 6.45) is 4.61. The van der Waals surface area contributed by atoms with E-state index >= 15 is 0 Å². The number of pyridine rings is 1. The van der Waals surface area contributed by atoms with Crippen molar-refractivity contribution in [3.63, 3.8) is 0 Å². The molecule has 26 heavy (non-hydrogen) atoms. The fraction of sp³-hybridized carbons (Fsp3) is 0.0556. The van der Waals surface area contributed by atoms with Crippen LogP contribution in [0.5, 0.6) is 0 Å². The molecule has 0 bridgehead atoms. The molecule has 0 unspecified atom stereocenters. The van der Waals surface area contributed by atoms with Gasteiger partial charge in [-0.2, -0.15) is 5.26 Å². The monoisotopic (exact) mass is 342 g/mol. The first-order valence-electron chi connectivity index (χ1n) is 7.88. The molecule has 0 fully saturated rings. The zero-order valence-electron chi connectivity index (χ0n) is 13.9. The minimum atomic E-state index is 0.264. The van der Waals surface area contributed by atoms with Crippen molar-refractivity contribution in [2.24, 2.45) is 0 Å². The van der Waals surface area contributed by atoms with Crippen LogP contribution in [0.3, 0.4) is 0 Å². The zero-order valence-corrected chi connectivity index (χ0v) is 13.9. The Hall–Kier alpha value is -3.99. The lowest BCUT2D eigenvalue weighted by Crippen LogP contribution is -1.97. The minimum absolute atomic E-state index is 0.264. The van der Waals surface area contributed by atoms with Crippen LogP contribution >= 0.6 is 0 Å². The van der Waals surface area contributed by atoms with Gasteiger partial charge in [-0.3, -0.25) is 0 Å². The summed E-state index contributed by atoms with van der Waals surface area (Å²) in [5, 5.41) is 14.9. The summed E-state index contributed by atoms with van der Waals surface area (Å²) in [5.41, 5.74) is 3.93. The van der Waals surface area contributed by atoms with E-state index in [0.717, 1.165) is 28.1 Å². The van der Waals surface area contributed by atoms with Crippen LogP contribution < -0.4 is 10.6 Å². The normalized spacial score (nSPS) is 10.5. The maximum atomic E-state index is 8.76. The molecule has 126 valence electrons. The first kappa shape index (κ1) is 15.5. The van der Waals surface area contributed by atoms with Crippen LogP contribution in [0.15, 0.2) is 48.9 Å². The molecular weight excluding hydrogens is 328 g/mol. The van der Waals surface area contributed by atoms with E-state index in [4.69, 9.17) is 5.26 Å². The summed E-state index contributed by atoms with van der Waals surface area (Å²) in [6, 6.07) is 11.8. The van der Waals surface area contributed by atoms with E-state index in [1.165, 1.54) is 12.4 Å². The van der Waals surface area contributed by atoms with Gasteiger partial charge in [0.05, 0.1) is 29.6 Å². The van der Waals surface area contributed by atoms with Crippen molar-refractivity contribution in [2.75, 3.05) is 17.7 Å². The summed E-state index contributed by atoms with van der Waals surface area (Å²) in [7, 11) is 1.88. The molecule has 0 aliphatic heterocycles. The lowest BCUT2D eigenvalue weighted by molar-refractivity contribution is 1.15. The van der Waals surface area contributed by atoms with Gasteiger partial charge < -0.3 is 15.6 Å². The number of fused-ring (bicyclic) bond motifs is 1. The summed E-state index contributed by atoms with van der Waals surface area (Å²) < 4.78 is 0. The Bertz CT molecular complexity index is 1090. The van der Waals surface area contributed by atoms with Gasteiger partial charge in [0, 0.05) is 24.4 Å². The number of rotatable bonds is 4. The molecule has 0 spiro atoms. The molecule has 1 aromatic carbocycles. The number of nitrogens with zero attached hydrogens (tertiary/aromatic N) is 5. The van der Waals surface area contributed by atoms with Gasteiger partial charge in [0.25, 0.3) is 0 Å². The van der Waals surface area contributed by atoms with Crippen molar-refractivity contribution in [1.29, 1.82) is 5.26 Å². The van der Waals surface area contributed by atoms with Gasteiger partial charge in [0.1, 0.15) is 23.5 Å². The number of nitriles is 1. The van der Waals surface area contributed by atoms with Gasteiger partial charge in [0.2, 0.25) is 0 Å². The second-order valence-corrected chi connectivity index (χ2v) is 5.52. The van der Waals surface area contributed by atoms with Crippen molar-refractivity contribution in [1.82, 2.24) is 24.9 Å². The van der Waals surface area contributed by atoms with E-state index < -0.39 is 0 Å². The molecule has 0 aliphatic carbocycles. The maximum Gasteiger partial charge on any atom is 0.158 e. The Morgan fingerprint density at radius 1 is 1.00 bits per heavy atom. The van der Waals surface area contributed by atoms with Crippen LogP contribution in [-0.2, 0) is 0 Å². The van der Waals surface area contributed by atoms with Crippen LogP contribution in [0, 0.1) is 11.3 Å². The number of aromatic nitrogens is 5. The van der Waals surface area contributed by atoms with E-state index in [1.807, 2.05) is 43.4 Å². The van der Waals surface area contributed by atoms with E-state index in [0.29, 0.717) is 11.6 Å². The SMILES string of the molecule is CNc1ccc(-c2nc3cc(Nc4cnc(C#N)cn4)ncc3[nH]2)cc1. The minimum Gasteiger partial charge on any atom is -0.388 e. The molecule has 4 aromatic rings. The number of hydrogen-bond acceptors (Lipinski definition) is 7. The van der Waals surface area contributed by atoms with E-state index in [-0.39, 0.29) is 5.69 Å². The highest BCUT2D eigenvalue weighted by molar-refractivity contribution is 5.81. The zero-order chi connectivity index (χ0) is 17.9. The van der Waals surface area contributed by atoms with Gasteiger partial charge >= 0.3 is 0 Å². The summed E-state index contributed by atoms with van der Waals surface area (Å²) in [5.74, 6) is 1.88. The number of anilines is 3. The molecule has 0 aliphatic rings. The van der Waals surface area contributed by atoms with Crippen LogP contribution in [-0.4, -0.2) is 32.0 Å². The van der Waals surface area contributed by atoms with Crippen LogP contribution in [0.1, 0.15) is 5.69 Å². The molecule has 3 heterocycles. The number of hydrogen-bond donors (Lipinski definition) is 3. The van der Waals surface area contributed by atoms with Gasteiger partial charge in [0.15, 0.2) is 5.69 Å². The molecule has 3 N–H and O–H groups in total. The third-order valence-electron chi connectivity index (χ3n) is 3.84. The number of H-pyrrole nitrogens is 1. The highest BCUT2D eigenvalue weighted by atomic mass is 15.1. The van der Waals surface area contributed by atoms with E-state index in [2.05, 4.69) is 35.6 Å². The van der Waals surface area contributed by atoms with E-state index in [1.54, 1.807) is 6.20 Å². The molecule has 0 atom stereocenters. The molecule has 8 heteroatoms. The quantitative estimate of drug-likeness (QED) is 0.522. The lowest BCUT2D eigenvalue weighted by atomic mass is 10.2.